The number of aliphatic hydroxyl groups is 6. The Hall–Kier alpha value is -2.73. The smallest absolute Gasteiger partial charge is 0.360 e. The molecule has 1 unspecified atom stereocenters. The van der Waals surface area contributed by atoms with E-state index in [4.69, 9.17) is 0 Å². The molecule has 4 aliphatic rings. The normalized spacial score (nSPS) is 36.2. The number of aliphatic hydroxyl groups excluding tert-OH is 6. The molecule has 6 heterocycles. The number of aryl methyl sites for hydroxylation is 1. The van der Waals surface area contributed by atoms with Gasteiger partial charge in [-0.1, -0.05) is 10.4 Å². The van der Waals surface area contributed by atoms with Crippen molar-refractivity contribution in [1.29, 1.82) is 0 Å². The lowest BCUT2D eigenvalue weighted by Crippen LogP contribution is -2.52. The third kappa shape index (κ3) is 4.35. The Labute approximate surface area is 217 Å². The molecule has 0 bridgehead atoms. The van der Waals surface area contributed by atoms with Crippen LogP contribution in [-0.2, 0) is 18.2 Å². The fraction of sp³-hybridized carbons (Fsp3) is 0.773. The van der Waals surface area contributed by atoms with E-state index in [1.807, 2.05) is 4.90 Å². The molecule has 16 heteroatoms. The molecule has 0 radical (unpaired) electrons. The molecule has 4 aliphatic heterocycles. The van der Waals surface area contributed by atoms with E-state index < -0.39 is 54.7 Å². The maximum atomic E-state index is 11.6. The van der Waals surface area contributed by atoms with Crippen molar-refractivity contribution in [1.82, 2.24) is 34.9 Å². The topological polar surface area (TPSA) is 216 Å². The standard InChI is InChI=1S/C13H20N4O5.C9H14N4O3/c1-6-10(13(21)22-2)14-15-17(6)7-3-8(18)11-12(20)9(19)5-16(11)4-7;1-12-9-4(10-11-12)2-5(14)7-8(16)6(15)3-13(7)9/h7-9,11-12,18-20H,3-5H2,1-2H3;5-8,14-16H,2-3H2,1H3/t7?,8-,9-,11-,12-;5-,6-,7-,8-/m11/s1. The van der Waals surface area contributed by atoms with E-state index in [1.165, 1.54) is 7.11 Å². The second kappa shape index (κ2) is 10.1. The number of hydrogen-bond donors (Lipinski definition) is 6. The van der Waals surface area contributed by atoms with Crippen molar-refractivity contribution in [2.75, 3.05) is 31.6 Å². The van der Waals surface area contributed by atoms with Crippen LogP contribution in [0.1, 0.15) is 34.3 Å². The molecule has 16 nitrogen and oxygen atoms in total. The highest BCUT2D eigenvalue weighted by molar-refractivity contribution is 5.88. The first kappa shape index (κ1) is 26.9. The SMILES string of the molecule is COC(=O)c1nnn(C2C[C@@H](O)[C@@H]3[C@H](O)[C@H](O)CN3C2)c1C.Cn1nnc2c1N1C[C@@H](O)[C@@H](O)[C@H]1[C@H](O)C2. The highest BCUT2D eigenvalue weighted by Gasteiger charge is 2.49. The first-order chi connectivity index (χ1) is 18.0. The number of piperidine rings is 1. The van der Waals surface area contributed by atoms with Gasteiger partial charge in [-0.15, -0.1) is 10.2 Å². The Kier molecular flexibility index (Phi) is 7.14. The molecular weight excluding hydrogens is 504 g/mol. The van der Waals surface area contributed by atoms with Crippen molar-refractivity contribution in [2.24, 2.45) is 7.05 Å². The molecule has 0 aromatic carbocycles. The number of ether oxygens (including phenoxy) is 1. The van der Waals surface area contributed by atoms with Gasteiger partial charge >= 0.3 is 5.97 Å². The minimum atomic E-state index is -0.946. The van der Waals surface area contributed by atoms with Crippen LogP contribution < -0.4 is 4.90 Å². The number of carbonyl (C=O) groups excluding carboxylic acids is 1. The third-order valence-corrected chi connectivity index (χ3v) is 8.01. The zero-order chi connectivity index (χ0) is 27.5. The predicted molar refractivity (Wildman–Crippen MR) is 127 cm³/mol. The molecule has 38 heavy (non-hydrogen) atoms. The molecule has 3 saturated heterocycles. The van der Waals surface area contributed by atoms with Crippen molar-refractivity contribution < 1.29 is 40.2 Å². The number of fused-ring (bicyclic) bond motifs is 4. The minimum absolute atomic E-state index is 0.153. The predicted octanol–water partition coefficient (Wildman–Crippen LogP) is -4.27. The summed E-state index contributed by atoms with van der Waals surface area (Å²) in [6.45, 7) is 2.84. The van der Waals surface area contributed by atoms with Gasteiger partial charge in [-0.2, -0.15) is 0 Å². The molecular formula is C22H34N8O8. The third-order valence-electron chi connectivity index (χ3n) is 8.01. The van der Waals surface area contributed by atoms with Gasteiger partial charge in [0.15, 0.2) is 11.5 Å². The number of rotatable bonds is 2. The van der Waals surface area contributed by atoms with E-state index >= 15 is 0 Å². The van der Waals surface area contributed by atoms with E-state index in [9.17, 15) is 35.4 Å². The molecule has 2 aromatic rings. The van der Waals surface area contributed by atoms with Gasteiger partial charge in [-0.3, -0.25) is 4.90 Å². The zero-order valence-electron chi connectivity index (χ0n) is 21.3. The number of anilines is 1. The Balaban J connectivity index is 0.000000162. The number of esters is 1. The van der Waals surface area contributed by atoms with E-state index in [2.05, 4.69) is 25.4 Å². The van der Waals surface area contributed by atoms with Gasteiger partial charge < -0.3 is 40.3 Å². The van der Waals surface area contributed by atoms with Crippen molar-refractivity contribution in [3.05, 3.63) is 17.1 Å². The summed E-state index contributed by atoms with van der Waals surface area (Å²) >= 11 is 0. The van der Waals surface area contributed by atoms with Crippen molar-refractivity contribution in [2.45, 2.75) is 74.5 Å². The molecule has 6 rings (SSSR count). The molecule has 3 fully saturated rings. The van der Waals surface area contributed by atoms with Gasteiger partial charge in [0.2, 0.25) is 0 Å². The summed E-state index contributed by atoms with van der Waals surface area (Å²) < 4.78 is 7.87. The minimum Gasteiger partial charge on any atom is -0.464 e. The van der Waals surface area contributed by atoms with Gasteiger partial charge in [0, 0.05) is 33.1 Å². The molecule has 2 aromatic heterocycles. The van der Waals surface area contributed by atoms with Gasteiger partial charge in [-0.05, 0) is 13.3 Å². The Morgan fingerprint density at radius 3 is 2.29 bits per heavy atom. The lowest BCUT2D eigenvalue weighted by Gasteiger charge is -2.39. The van der Waals surface area contributed by atoms with Crippen LogP contribution in [0.15, 0.2) is 0 Å². The van der Waals surface area contributed by atoms with Gasteiger partial charge in [0.1, 0.15) is 11.8 Å². The number of carbonyl (C=O) groups is 1. The summed E-state index contributed by atoms with van der Waals surface area (Å²) in [5.74, 6) is 0.232. The van der Waals surface area contributed by atoms with Gasteiger partial charge in [0.25, 0.3) is 0 Å². The van der Waals surface area contributed by atoms with Crippen molar-refractivity contribution in [3.63, 3.8) is 0 Å². The van der Waals surface area contributed by atoms with E-state index in [0.717, 1.165) is 5.82 Å². The van der Waals surface area contributed by atoms with Gasteiger partial charge in [-0.25, -0.2) is 14.2 Å². The number of aromatic nitrogens is 6. The maximum Gasteiger partial charge on any atom is 0.360 e. The number of hydrogen-bond acceptors (Lipinski definition) is 14. The van der Waals surface area contributed by atoms with Crippen LogP contribution in [0.25, 0.3) is 0 Å². The quantitative estimate of drug-likeness (QED) is 0.200. The van der Waals surface area contributed by atoms with Crippen LogP contribution in [0, 0.1) is 6.92 Å². The number of methoxy groups -OCH3 is 1. The zero-order valence-corrected chi connectivity index (χ0v) is 21.3. The molecule has 210 valence electrons. The average molecular weight is 539 g/mol. The molecule has 6 N–H and O–H groups in total. The molecule has 0 spiro atoms. The van der Waals surface area contributed by atoms with E-state index in [0.29, 0.717) is 43.9 Å². The fourth-order valence-electron chi connectivity index (χ4n) is 6.20. The molecule has 9 atom stereocenters. The number of nitrogens with zero attached hydrogens (tertiary/aromatic N) is 8. The van der Waals surface area contributed by atoms with Crippen LogP contribution >= 0.6 is 0 Å². The Morgan fingerprint density at radius 2 is 1.58 bits per heavy atom. The molecule has 0 amide bonds. The monoisotopic (exact) mass is 538 g/mol. The highest BCUT2D eigenvalue weighted by Crippen LogP contribution is 2.35. The van der Waals surface area contributed by atoms with Crippen molar-refractivity contribution in [3.8, 4) is 0 Å². The van der Waals surface area contributed by atoms with Crippen LogP contribution in [0.5, 0.6) is 0 Å². The summed E-state index contributed by atoms with van der Waals surface area (Å²) in [7, 11) is 3.04. The van der Waals surface area contributed by atoms with E-state index in [1.54, 1.807) is 28.2 Å². The summed E-state index contributed by atoms with van der Waals surface area (Å²) in [5.41, 5.74) is 1.44. The maximum absolute atomic E-state index is 11.6. The second-order valence-corrected chi connectivity index (χ2v) is 10.4. The van der Waals surface area contributed by atoms with Crippen LogP contribution in [0.4, 0.5) is 5.82 Å². The largest absolute Gasteiger partial charge is 0.464 e. The average Bonchev–Trinajstić information content (AvgIpc) is 3.59. The van der Waals surface area contributed by atoms with Gasteiger partial charge in [0.05, 0.1) is 61.4 Å². The molecule has 0 aliphatic carbocycles. The summed E-state index contributed by atoms with van der Waals surface area (Å²) in [4.78, 5) is 15.2. The Bertz CT molecular complexity index is 1170. The van der Waals surface area contributed by atoms with Crippen molar-refractivity contribution >= 4 is 11.8 Å². The first-order valence-electron chi connectivity index (χ1n) is 12.5. The van der Waals surface area contributed by atoms with Crippen LogP contribution in [-0.4, -0.2) is 147 Å². The lowest BCUT2D eigenvalue weighted by molar-refractivity contribution is -0.0424. The molecule has 0 saturated carbocycles. The van der Waals surface area contributed by atoms with Crippen LogP contribution in [0.2, 0.25) is 0 Å². The fourth-order valence-corrected chi connectivity index (χ4v) is 6.20. The summed E-state index contributed by atoms with van der Waals surface area (Å²) in [5, 5.41) is 75.1. The second-order valence-electron chi connectivity index (χ2n) is 10.4. The summed E-state index contributed by atoms with van der Waals surface area (Å²) in [6.07, 6.45) is -4.31. The summed E-state index contributed by atoms with van der Waals surface area (Å²) in [6, 6.07) is -1.11. The Morgan fingerprint density at radius 1 is 0.895 bits per heavy atom. The van der Waals surface area contributed by atoms with E-state index in [-0.39, 0.29) is 11.7 Å². The van der Waals surface area contributed by atoms with Crippen LogP contribution in [0.3, 0.4) is 0 Å². The highest BCUT2D eigenvalue weighted by atomic mass is 16.5. The lowest BCUT2D eigenvalue weighted by atomic mass is 9.94. The first-order valence-corrected chi connectivity index (χ1v) is 12.5.